The van der Waals surface area contributed by atoms with E-state index in [-0.39, 0.29) is 12.0 Å². The number of nitrogens with two attached hydrogens (primary N) is 1. The number of piperidine rings is 1. The van der Waals surface area contributed by atoms with Crippen LogP contribution in [0.5, 0.6) is 11.5 Å². The third-order valence-electron chi connectivity index (χ3n) is 6.34. The van der Waals surface area contributed by atoms with Crippen molar-refractivity contribution >= 4 is 22.7 Å². The molecule has 9 heteroatoms. The van der Waals surface area contributed by atoms with Gasteiger partial charge < -0.3 is 25.5 Å². The van der Waals surface area contributed by atoms with Crippen LogP contribution in [0.25, 0.3) is 10.9 Å². The molecule has 0 radical (unpaired) electrons. The topological polar surface area (TPSA) is 123 Å². The van der Waals surface area contributed by atoms with Crippen LogP contribution in [0.2, 0.25) is 0 Å². The maximum absolute atomic E-state index is 12.2. The van der Waals surface area contributed by atoms with Gasteiger partial charge in [-0.2, -0.15) is 0 Å². The lowest BCUT2D eigenvalue weighted by atomic mass is 9.96. The van der Waals surface area contributed by atoms with Gasteiger partial charge in [-0.15, -0.1) is 0 Å². The standard InChI is InChI=1S/C24H27N5O4/c25-23(30)20-10-18-19(28-20)3-4-21-22(18)33-17(14-32-21)13-29-8-5-15(6-9-29)11-27-24(31)16-2-1-7-26-12-16/h1-4,7,10,12,15,17,28H,5-6,8-9,11,13-14H2,(H2,25,30)(H,27,31). The van der Waals surface area contributed by atoms with Crippen molar-refractivity contribution in [1.29, 1.82) is 0 Å². The number of aromatic nitrogens is 2. The van der Waals surface area contributed by atoms with E-state index in [4.69, 9.17) is 15.2 Å². The summed E-state index contributed by atoms with van der Waals surface area (Å²) in [6.45, 7) is 3.80. The Morgan fingerprint density at radius 2 is 2.09 bits per heavy atom. The first-order valence-electron chi connectivity index (χ1n) is 11.2. The number of H-pyrrole nitrogens is 1. The normalized spacial score (nSPS) is 18.8. The highest BCUT2D eigenvalue weighted by atomic mass is 16.6. The molecule has 3 aromatic rings. The maximum Gasteiger partial charge on any atom is 0.265 e. The van der Waals surface area contributed by atoms with Gasteiger partial charge in [0.05, 0.1) is 11.1 Å². The number of aromatic amines is 1. The minimum absolute atomic E-state index is 0.0764. The molecular weight excluding hydrogens is 422 g/mol. The van der Waals surface area contributed by atoms with Gasteiger partial charge in [0.2, 0.25) is 0 Å². The van der Waals surface area contributed by atoms with E-state index in [2.05, 4.69) is 20.2 Å². The highest BCUT2D eigenvalue weighted by Gasteiger charge is 2.28. The molecule has 0 saturated carbocycles. The van der Waals surface area contributed by atoms with Crippen LogP contribution < -0.4 is 20.5 Å². The molecule has 4 heterocycles. The number of fused-ring (bicyclic) bond motifs is 3. The van der Waals surface area contributed by atoms with E-state index in [1.807, 2.05) is 12.1 Å². The summed E-state index contributed by atoms with van der Waals surface area (Å²) in [4.78, 5) is 33.2. The molecule has 4 N–H and O–H groups in total. The fraction of sp³-hybridized carbons (Fsp3) is 0.375. The van der Waals surface area contributed by atoms with Crippen molar-refractivity contribution in [2.75, 3.05) is 32.8 Å². The first-order chi connectivity index (χ1) is 16.1. The summed E-state index contributed by atoms with van der Waals surface area (Å²) >= 11 is 0. The molecular formula is C24H27N5O4. The van der Waals surface area contributed by atoms with Crippen LogP contribution in [-0.2, 0) is 0 Å². The average Bonchev–Trinajstić information content (AvgIpc) is 3.29. The van der Waals surface area contributed by atoms with Gasteiger partial charge in [-0.3, -0.25) is 19.5 Å². The van der Waals surface area contributed by atoms with Crippen molar-refractivity contribution in [2.24, 2.45) is 11.7 Å². The first kappa shape index (κ1) is 21.3. The number of rotatable bonds is 6. The highest BCUT2D eigenvalue weighted by Crippen LogP contribution is 2.39. The van der Waals surface area contributed by atoms with E-state index in [1.165, 1.54) is 0 Å². The molecule has 9 nitrogen and oxygen atoms in total. The number of nitrogens with zero attached hydrogens (tertiary/aromatic N) is 2. The summed E-state index contributed by atoms with van der Waals surface area (Å²) in [6, 6.07) is 8.96. The van der Waals surface area contributed by atoms with Gasteiger partial charge in [-0.25, -0.2) is 0 Å². The molecule has 2 aliphatic heterocycles. The van der Waals surface area contributed by atoms with Crippen molar-refractivity contribution in [3.63, 3.8) is 0 Å². The number of pyridine rings is 1. The number of ether oxygens (including phenoxy) is 2. The third-order valence-corrected chi connectivity index (χ3v) is 6.34. The number of nitrogens with one attached hydrogen (secondary N) is 2. The van der Waals surface area contributed by atoms with Crippen LogP contribution in [-0.4, -0.2) is 65.6 Å². The number of primary amides is 1. The SMILES string of the molecule is NC(=O)c1cc2c3c(ccc2[nH]1)OCC(CN1CCC(CNC(=O)c2cccnc2)CC1)O3. The predicted octanol–water partition coefficient (Wildman–Crippen LogP) is 1.94. The zero-order valence-corrected chi connectivity index (χ0v) is 18.3. The Morgan fingerprint density at radius 1 is 1.24 bits per heavy atom. The van der Waals surface area contributed by atoms with E-state index in [9.17, 15) is 9.59 Å². The maximum atomic E-state index is 12.2. The lowest BCUT2D eigenvalue weighted by Crippen LogP contribution is -2.45. The smallest absolute Gasteiger partial charge is 0.265 e. The van der Waals surface area contributed by atoms with Crippen LogP contribution >= 0.6 is 0 Å². The Morgan fingerprint density at radius 3 is 2.85 bits per heavy atom. The van der Waals surface area contributed by atoms with Gasteiger partial charge in [0.1, 0.15) is 18.4 Å². The van der Waals surface area contributed by atoms with Gasteiger partial charge in [-0.05, 0) is 62.2 Å². The van der Waals surface area contributed by atoms with E-state index < -0.39 is 5.91 Å². The first-order valence-corrected chi connectivity index (χ1v) is 11.2. The molecule has 0 bridgehead atoms. The average molecular weight is 450 g/mol. The van der Waals surface area contributed by atoms with Gasteiger partial charge in [0.15, 0.2) is 11.5 Å². The summed E-state index contributed by atoms with van der Waals surface area (Å²) < 4.78 is 12.2. The molecule has 1 aromatic carbocycles. The zero-order valence-electron chi connectivity index (χ0n) is 18.3. The summed E-state index contributed by atoms with van der Waals surface area (Å²) in [5.74, 6) is 1.20. The van der Waals surface area contributed by atoms with Crippen molar-refractivity contribution in [3.8, 4) is 11.5 Å². The van der Waals surface area contributed by atoms with Crippen LogP contribution in [0.1, 0.15) is 33.7 Å². The summed E-state index contributed by atoms with van der Waals surface area (Å²) in [5.41, 5.74) is 7.14. The van der Waals surface area contributed by atoms with E-state index in [0.29, 0.717) is 41.8 Å². The van der Waals surface area contributed by atoms with Gasteiger partial charge in [-0.1, -0.05) is 0 Å². The molecule has 0 spiro atoms. The number of benzene rings is 1. The minimum atomic E-state index is -0.507. The minimum Gasteiger partial charge on any atom is -0.486 e. The molecule has 33 heavy (non-hydrogen) atoms. The molecule has 172 valence electrons. The Kier molecular flexibility index (Phi) is 5.87. The molecule has 2 aromatic heterocycles. The second-order valence-corrected chi connectivity index (χ2v) is 8.65. The summed E-state index contributed by atoms with van der Waals surface area (Å²) in [6.07, 6.45) is 5.17. The Bertz CT molecular complexity index is 1150. The number of hydrogen-bond acceptors (Lipinski definition) is 6. The number of likely N-dealkylation sites (tertiary alicyclic amines) is 1. The molecule has 1 saturated heterocycles. The number of carbonyl (C=O) groups excluding carboxylic acids is 2. The number of carbonyl (C=O) groups is 2. The molecule has 0 aliphatic carbocycles. The van der Waals surface area contributed by atoms with E-state index in [1.54, 1.807) is 30.6 Å². The molecule has 5 rings (SSSR count). The van der Waals surface area contributed by atoms with Crippen LogP contribution in [0.4, 0.5) is 0 Å². The van der Waals surface area contributed by atoms with E-state index in [0.717, 1.165) is 43.4 Å². The summed E-state index contributed by atoms with van der Waals surface area (Å²) in [5, 5.41) is 3.82. The highest BCUT2D eigenvalue weighted by molar-refractivity contribution is 5.99. The summed E-state index contributed by atoms with van der Waals surface area (Å²) in [7, 11) is 0. The monoisotopic (exact) mass is 449 g/mol. The molecule has 1 atom stereocenters. The van der Waals surface area contributed by atoms with Crippen LogP contribution in [0.15, 0.2) is 42.7 Å². The van der Waals surface area contributed by atoms with Gasteiger partial charge in [0, 0.05) is 30.9 Å². The Labute approximate surface area is 191 Å². The van der Waals surface area contributed by atoms with E-state index >= 15 is 0 Å². The molecule has 2 aliphatic rings. The number of amides is 2. The zero-order chi connectivity index (χ0) is 22.8. The van der Waals surface area contributed by atoms with Crippen molar-refractivity contribution in [1.82, 2.24) is 20.2 Å². The van der Waals surface area contributed by atoms with Crippen molar-refractivity contribution in [3.05, 3.63) is 54.0 Å². The molecule has 2 amide bonds. The molecule has 1 fully saturated rings. The van der Waals surface area contributed by atoms with Gasteiger partial charge in [0.25, 0.3) is 11.8 Å². The van der Waals surface area contributed by atoms with Crippen molar-refractivity contribution in [2.45, 2.75) is 18.9 Å². The Balaban J connectivity index is 1.13. The molecule has 1 unspecified atom stereocenters. The fourth-order valence-electron chi connectivity index (χ4n) is 4.50. The lowest BCUT2D eigenvalue weighted by molar-refractivity contribution is 0.0490. The lowest BCUT2D eigenvalue weighted by Gasteiger charge is -2.35. The Hall–Kier alpha value is -3.59. The quantitative estimate of drug-likeness (QED) is 0.529. The third kappa shape index (κ3) is 4.63. The van der Waals surface area contributed by atoms with Crippen molar-refractivity contribution < 1.29 is 19.1 Å². The predicted molar refractivity (Wildman–Crippen MR) is 122 cm³/mol. The fourth-order valence-corrected chi connectivity index (χ4v) is 4.50. The van der Waals surface area contributed by atoms with Gasteiger partial charge >= 0.3 is 0 Å². The number of hydrogen-bond donors (Lipinski definition) is 3. The largest absolute Gasteiger partial charge is 0.486 e. The second kappa shape index (κ2) is 9.11. The second-order valence-electron chi connectivity index (χ2n) is 8.65. The van der Waals surface area contributed by atoms with Crippen LogP contribution in [0, 0.1) is 5.92 Å². The van der Waals surface area contributed by atoms with Crippen LogP contribution in [0.3, 0.4) is 0 Å².